The van der Waals surface area contributed by atoms with E-state index in [0.29, 0.717) is 23.4 Å². The largest absolute Gasteiger partial charge is 0.374 e. The molecule has 20 heavy (non-hydrogen) atoms. The summed E-state index contributed by atoms with van der Waals surface area (Å²) >= 11 is 3.28. The van der Waals surface area contributed by atoms with E-state index in [0.717, 1.165) is 0 Å². The zero-order valence-corrected chi connectivity index (χ0v) is 12.3. The average molecular weight is 338 g/mol. The second-order valence-electron chi connectivity index (χ2n) is 4.70. The van der Waals surface area contributed by atoms with Crippen molar-refractivity contribution in [1.29, 1.82) is 0 Å². The molecule has 2 aromatic rings. The normalized spacial score (nSPS) is 22.6. The van der Waals surface area contributed by atoms with E-state index >= 15 is 0 Å². The Morgan fingerprint density at radius 1 is 1.45 bits per heavy atom. The summed E-state index contributed by atoms with van der Waals surface area (Å²) in [5.41, 5.74) is -1.34. The number of likely N-dealkylation sites (N-methyl/N-ethyl adjacent to an activating group) is 1. The minimum absolute atomic E-state index is 0.244. The Morgan fingerprint density at radius 3 is 2.90 bits per heavy atom. The van der Waals surface area contributed by atoms with E-state index in [2.05, 4.69) is 31.2 Å². The fourth-order valence-corrected chi connectivity index (χ4v) is 2.52. The van der Waals surface area contributed by atoms with Crippen molar-refractivity contribution in [2.75, 3.05) is 13.6 Å². The predicted molar refractivity (Wildman–Crippen MR) is 73.0 cm³/mol. The van der Waals surface area contributed by atoms with Crippen molar-refractivity contribution < 1.29 is 9.90 Å². The molecule has 3 rings (SSSR count). The molecule has 0 aliphatic carbocycles. The summed E-state index contributed by atoms with van der Waals surface area (Å²) in [6, 6.07) is 5.37. The van der Waals surface area contributed by atoms with Gasteiger partial charge in [0.1, 0.15) is 10.3 Å². The minimum Gasteiger partial charge on any atom is -0.374 e. The first kappa shape index (κ1) is 13.2. The van der Waals surface area contributed by atoms with Crippen molar-refractivity contribution in [3.8, 4) is 5.82 Å². The number of carbonyl (C=O) groups is 1. The van der Waals surface area contributed by atoms with Crippen LogP contribution in [0.4, 0.5) is 0 Å². The lowest BCUT2D eigenvalue weighted by atomic mass is 9.99. The SMILES string of the molecule is CN1CCC(O)(c2cn(-c3cccc(Br)n3)nn2)C1=O. The van der Waals surface area contributed by atoms with E-state index in [1.807, 2.05) is 6.07 Å². The summed E-state index contributed by atoms with van der Waals surface area (Å²) < 4.78 is 2.10. The van der Waals surface area contributed by atoms with Crippen LogP contribution < -0.4 is 0 Å². The summed E-state index contributed by atoms with van der Waals surface area (Å²) in [5, 5.41) is 18.3. The van der Waals surface area contributed by atoms with E-state index < -0.39 is 5.60 Å². The second-order valence-corrected chi connectivity index (χ2v) is 5.52. The molecule has 1 amide bonds. The second kappa shape index (κ2) is 4.64. The molecule has 1 aliphatic heterocycles. The number of hydrogen-bond acceptors (Lipinski definition) is 5. The molecule has 1 atom stereocenters. The Morgan fingerprint density at radius 2 is 2.25 bits per heavy atom. The summed E-state index contributed by atoms with van der Waals surface area (Å²) in [5.74, 6) is 0.201. The molecule has 2 aromatic heterocycles. The highest BCUT2D eigenvalue weighted by atomic mass is 79.9. The number of aliphatic hydroxyl groups is 1. The van der Waals surface area contributed by atoms with Gasteiger partial charge in [-0.3, -0.25) is 4.79 Å². The van der Waals surface area contributed by atoms with Gasteiger partial charge < -0.3 is 10.0 Å². The Labute approximate surface area is 123 Å². The highest BCUT2D eigenvalue weighted by Crippen LogP contribution is 2.31. The van der Waals surface area contributed by atoms with Gasteiger partial charge in [-0.15, -0.1) is 5.10 Å². The number of aromatic nitrogens is 4. The predicted octanol–water partition coefficient (Wildman–Crippen LogP) is 0.474. The summed E-state index contributed by atoms with van der Waals surface area (Å²) in [6.07, 6.45) is 1.85. The fraction of sp³-hybridized carbons (Fsp3) is 0.333. The number of hydrogen-bond donors (Lipinski definition) is 1. The quantitative estimate of drug-likeness (QED) is 0.805. The van der Waals surface area contributed by atoms with Crippen LogP contribution in [-0.4, -0.2) is 49.5 Å². The minimum atomic E-state index is -1.58. The van der Waals surface area contributed by atoms with Crippen LogP contribution in [0.15, 0.2) is 29.0 Å². The van der Waals surface area contributed by atoms with Gasteiger partial charge in [-0.25, -0.2) is 9.67 Å². The van der Waals surface area contributed by atoms with Crippen LogP contribution in [0.1, 0.15) is 12.1 Å². The molecule has 1 fully saturated rings. The molecule has 0 aromatic carbocycles. The van der Waals surface area contributed by atoms with E-state index in [1.54, 1.807) is 19.2 Å². The Bertz CT molecular complexity index is 673. The van der Waals surface area contributed by atoms with Crippen LogP contribution in [0.25, 0.3) is 5.82 Å². The van der Waals surface area contributed by atoms with Gasteiger partial charge in [-0.1, -0.05) is 11.3 Å². The number of amides is 1. The molecule has 1 saturated heterocycles. The molecule has 0 radical (unpaired) electrons. The van der Waals surface area contributed by atoms with Crippen molar-refractivity contribution in [2.24, 2.45) is 0 Å². The number of nitrogens with zero attached hydrogens (tertiary/aromatic N) is 5. The van der Waals surface area contributed by atoms with Crippen LogP contribution >= 0.6 is 15.9 Å². The Hall–Kier alpha value is -1.80. The van der Waals surface area contributed by atoms with Crippen LogP contribution in [0, 0.1) is 0 Å². The van der Waals surface area contributed by atoms with Crippen molar-refractivity contribution in [2.45, 2.75) is 12.0 Å². The van der Waals surface area contributed by atoms with Gasteiger partial charge in [-0.2, -0.15) is 0 Å². The maximum atomic E-state index is 12.0. The highest BCUT2D eigenvalue weighted by Gasteiger charge is 2.47. The van der Waals surface area contributed by atoms with Crippen LogP contribution in [0.3, 0.4) is 0 Å². The lowest BCUT2D eigenvalue weighted by Crippen LogP contribution is -2.36. The molecule has 104 valence electrons. The van der Waals surface area contributed by atoms with E-state index in [9.17, 15) is 9.90 Å². The third kappa shape index (κ3) is 2.01. The van der Waals surface area contributed by atoms with Gasteiger partial charge in [0.05, 0.1) is 6.20 Å². The van der Waals surface area contributed by atoms with Gasteiger partial charge in [0.15, 0.2) is 11.4 Å². The molecule has 0 spiro atoms. The Balaban J connectivity index is 1.97. The zero-order valence-electron chi connectivity index (χ0n) is 10.7. The van der Waals surface area contributed by atoms with E-state index in [4.69, 9.17) is 0 Å². The molecule has 1 aliphatic rings. The number of likely N-dealkylation sites (tertiary alicyclic amines) is 1. The van der Waals surface area contributed by atoms with Crippen molar-refractivity contribution in [3.05, 3.63) is 34.7 Å². The summed E-state index contributed by atoms with van der Waals surface area (Å²) in [4.78, 5) is 17.7. The molecule has 0 saturated carbocycles. The van der Waals surface area contributed by atoms with Crippen molar-refractivity contribution in [3.63, 3.8) is 0 Å². The van der Waals surface area contributed by atoms with Gasteiger partial charge in [0.2, 0.25) is 0 Å². The number of halogens is 1. The third-order valence-electron chi connectivity index (χ3n) is 3.36. The lowest BCUT2D eigenvalue weighted by molar-refractivity contribution is -0.143. The summed E-state index contributed by atoms with van der Waals surface area (Å²) in [6.45, 7) is 0.497. The van der Waals surface area contributed by atoms with Crippen LogP contribution in [0.2, 0.25) is 0 Å². The van der Waals surface area contributed by atoms with Gasteiger partial charge in [0, 0.05) is 20.0 Å². The number of rotatable bonds is 2. The Kier molecular flexibility index (Phi) is 3.06. The van der Waals surface area contributed by atoms with Gasteiger partial charge in [0.25, 0.3) is 5.91 Å². The number of pyridine rings is 1. The fourth-order valence-electron chi connectivity index (χ4n) is 2.18. The molecular weight excluding hydrogens is 326 g/mol. The third-order valence-corrected chi connectivity index (χ3v) is 3.80. The maximum absolute atomic E-state index is 12.0. The van der Waals surface area contributed by atoms with Crippen LogP contribution in [0.5, 0.6) is 0 Å². The van der Waals surface area contributed by atoms with Gasteiger partial charge in [-0.05, 0) is 28.1 Å². The topological polar surface area (TPSA) is 84.1 Å². The highest BCUT2D eigenvalue weighted by molar-refractivity contribution is 9.10. The molecule has 0 bridgehead atoms. The van der Waals surface area contributed by atoms with Crippen molar-refractivity contribution >= 4 is 21.8 Å². The average Bonchev–Trinajstić information content (AvgIpc) is 3.02. The molecule has 8 heteroatoms. The first-order chi connectivity index (χ1) is 9.50. The molecule has 3 heterocycles. The smallest absolute Gasteiger partial charge is 0.260 e. The first-order valence-electron chi connectivity index (χ1n) is 6.04. The molecule has 1 N–H and O–H groups in total. The van der Waals surface area contributed by atoms with Crippen molar-refractivity contribution in [1.82, 2.24) is 24.9 Å². The van der Waals surface area contributed by atoms with E-state index in [1.165, 1.54) is 15.8 Å². The van der Waals surface area contributed by atoms with Crippen LogP contribution in [-0.2, 0) is 10.4 Å². The monoisotopic (exact) mass is 337 g/mol. The molecule has 1 unspecified atom stereocenters. The van der Waals surface area contributed by atoms with Gasteiger partial charge >= 0.3 is 0 Å². The van der Waals surface area contributed by atoms with E-state index in [-0.39, 0.29) is 11.6 Å². The standard InChI is InChI=1S/C12H12BrN5O2/c1-17-6-5-12(20,11(17)19)8-7-18(16-15-8)10-4-2-3-9(13)14-10/h2-4,7,20H,5-6H2,1H3. The molecular formula is C12H12BrN5O2. The number of carbonyl (C=O) groups excluding carboxylic acids is 1. The zero-order chi connectivity index (χ0) is 14.3. The lowest BCUT2D eigenvalue weighted by Gasteiger charge is -2.17. The molecule has 7 nitrogen and oxygen atoms in total. The maximum Gasteiger partial charge on any atom is 0.260 e. The first-order valence-corrected chi connectivity index (χ1v) is 6.84. The summed E-state index contributed by atoms with van der Waals surface area (Å²) in [7, 11) is 1.65.